The first-order chi connectivity index (χ1) is 10.8. The molecule has 0 unspecified atom stereocenters. The summed E-state index contributed by atoms with van der Waals surface area (Å²) in [7, 11) is 0. The zero-order valence-electron chi connectivity index (χ0n) is 12.4. The van der Waals surface area contributed by atoms with Gasteiger partial charge in [-0.25, -0.2) is 0 Å². The predicted octanol–water partition coefficient (Wildman–Crippen LogP) is 2.90. The predicted molar refractivity (Wildman–Crippen MR) is 84.1 cm³/mol. The third-order valence-electron chi connectivity index (χ3n) is 3.80. The first-order valence-corrected chi connectivity index (χ1v) is 6.82. The molecular formula is C17H14O6. The summed E-state index contributed by atoms with van der Waals surface area (Å²) in [5.41, 5.74) is 0.377. The van der Waals surface area contributed by atoms with Crippen molar-refractivity contribution in [2.75, 3.05) is 0 Å². The van der Waals surface area contributed by atoms with E-state index in [1.807, 2.05) is 0 Å². The highest BCUT2D eigenvalue weighted by Crippen LogP contribution is 2.36. The minimum Gasteiger partial charge on any atom is -0.508 e. The van der Waals surface area contributed by atoms with E-state index in [0.29, 0.717) is 11.1 Å². The monoisotopic (exact) mass is 314 g/mol. The van der Waals surface area contributed by atoms with Gasteiger partial charge in [-0.15, -0.1) is 0 Å². The number of hydrogen-bond donors (Lipinski definition) is 4. The van der Waals surface area contributed by atoms with Gasteiger partial charge in [0.2, 0.25) is 0 Å². The summed E-state index contributed by atoms with van der Waals surface area (Å²) in [5.74, 6) is -0.763. The molecule has 3 aromatic rings. The quantitative estimate of drug-likeness (QED) is 0.549. The highest BCUT2D eigenvalue weighted by molar-refractivity contribution is 5.87. The van der Waals surface area contributed by atoms with Crippen LogP contribution in [0.15, 0.2) is 33.5 Å². The lowest BCUT2D eigenvalue weighted by Gasteiger charge is -2.10. The number of hydrogen-bond acceptors (Lipinski definition) is 6. The van der Waals surface area contributed by atoms with Gasteiger partial charge in [0.15, 0.2) is 5.43 Å². The van der Waals surface area contributed by atoms with Crippen molar-refractivity contribution >= 4 is 11.0 Å². The van der Waals surface area contributed by atoms with Crippen molar-refractivity contribution in [3.8, 4) is 34.3 Å². The van der Waals surface area contributed by atoms with Crippen molar-refractivity contribution in [1.29, 1.82) is 0 Å². The number of phenols is 4. The van der Waals surface area contributed by atoms with Crippen molar-refractivity contribution in [2.24, 2.45) is 0 Å². The molecule has 2 aromatic carbocycles. The molecule has 0 aliphatic rings. The van der Waals surface area contributed by atoms with Gasteiger partial charge in [-0.2, -0.15) is 0 Å². The second kappa shape index (κ2) is 4.95. The summed E-state index contributed by atoms with van der Waals surface area (Å²) in [6, 6.07) is 5.01. The molecule has 23 heavy (non-hydrogen) atoms. The van der Waals surface area contributed by atoms with E-state index in [1.165, 1.54) is 25.1 Å². The van der Waals surface area contributed by atoms with E-state index in [4.69, 9.17) is 4.42 Å². The maximum Gasteiger partial charge on any atom is 0.199 e. The Morgan fingerprint density at radius 2 is 1.43 bits per heavy atom. The van der Waals surface area contributed by atoms with E-state index in [0.717, 1.165) is 6.07 Å². The van der Waals surface area contributed by atoms with Crippen LogP contribution in [0.3, 0.4) is 0 Å². The van der Waals surface area contributed by atoms with Gasteiger partial charge in [0.25, 0.3) is 0 Å². The Morgan fingerprint density at radius 3 is 2.04 bits per heavy atom. The van der Waals surface area contributed by atoms with Gasteiger partial charge in [0, 0.05) is 28.8 Å². The molecule has 0 aliphatic heterocycles. The Labute approximate surface area is 130 Å². The summed E-state index contributed by atoms with van der Waals surface area (Å²) >= 11 is 0. The van der Waals surface area contributed by atoms with E-state index < -0.39 is 5.43 Å². The van der Waals surface area contributed by atoms with Crippen LogP contribution >= 0.6 is 0 Å². The standard InChI is InChI=1S/C17H14O6/c1-7-11(19)3-9(4-12(7)20)17-8(2)16(22)15-13(21)5-10(18)6-14(15)23-17/h3-6,18-21H,1-2H3. The van der Waals surface area contributed by atoms with Gasteiger partial charge in [-0.3, -0.25) is 4.79 Å². The first kappa shape index (κ1) is 14.8. The fourth-order valence-electron chi connectivity index (χ4n) is 2.46. The Balaban J connectivity index is 2.40. The SMILES string of the molecule is Cc1c(O)cc(-c2oc3cc(O)cc(O)c3c(=O)c2C)cc1O. The van der Waals surface area contributed by atoms with Gasteiger partial charge < -0.3 is 24.8 Å². The average Bonchev–Trinajstić information content (AvgIpc) is 2.47. The van der Waals surface area contributed by atoms with Crippen LogP contribution in [0.4, 0.5) is 0 Å². The van der Waals surface area contributed by atoms with Crippen LogP contribution in [-0.4, -0.2) is 20.4 Å². The molecule has 0 fully saturated rings. The molecule has 118 valence electrons. The summed E-state index contributed by atoms with van der Waals surface area (Å²) in [6.45, 7) is 3.06. The number of aromatic hydroxyl groups is 4. The number of phenolic OH excluding ortho intramolecular Hbond substituents is 4. The molecule has 1 heterocycles. The molecule has 0 radical (unpaired) electrons. The molecule has 3 rings (SSSR count). The fourth-order valence-corrected chi connectivity index (χ4v) is 2.46. The van der Waals surface area contributed by atoms with Crippen LogP contribution in [-0.2, 0) is 0 Å². The van der Waals surface area contributed by atoms with E-state index >= 15 is 0 Å². The average molecular weight is 314 g/mol. The Kier molecular flexibility index (Phi) is 3.18. The van der Waals surface area contributed by atoms with Crippen LogP contribution in [0, 0.1) is 13.8 Å². The first-order valence-electron chi connectivity index (χ1n) is 6.82. The lowest BCUT2D eigenvalue weighted by Crippen LogP contribution is -2.07. The van der Waals surface area contributed by atoms with Crippen molar-refractivity contribution in [3.63, 3.8) is 0 Å². The summed E-state index contributed by atoms with van der Waals surface area (Å²) in [6.07, 6.45) is 0. The third-order valence-corrected chi connectivity index (χ3v) is 3.80. The van der Waals surface area contributed by atoms with Crippen molar-refractivity contribution in [1.82, 2.24) is 0 Å². The van der Waals surface area contributed by atoms with E-state index in [-0.39, 0.29) is 45.3 Å². The third kappa shape index (κ3) is 2.24. The van der Waals surface area contributed by atoms with E-state index in [9.17, 15) is 25.2 Å². The van der Waals surface area contributed by atoms with E-state index in [1.54, 1.807) is 6.92 Å². The topological polar surface area (TPSA) is 111 Å². The number of benzene rings is 2. The van der Waals surface area contributed by atoms with Gasteiger partial charge in [0.05, 0.1) is 0 Å². The number of rotatable bonds is 1. The maximum atomic E-state index is 12.5. The molecule has 4 N–H and O–H groups in total. The van der Waals surface area contributed by atoms with Gasteiger partial charge in [-0.1, -0.05) is 0 Å². The van der Waals surface area contributed by atoms with Crippen LogP contribution in [0.25, 0.3) is 22.3 Å². The van der Waals surface area contributed by atoms with Crippen LogP contribution < -0.4 is 5.43 Å². The second-order valence-electron chi connectivity index (χ2n) is 5.36. The van der Waals surface area contributed by atoms with Gasteiger partial charge in [0.1, 0.15) is 39.7 Å². The molecular weight excluding hydrogens is 300 g/mol. The molecule has 6 heteroatoms. The summed E-state index contributed by atoms with van der Waals surface area (Å²) < 4.78 is 5.63. The minimum atomic E-state index is -0.460. The van der Waals surface area contributed by atoms with Crippen molar-refractivity contribution in [3.05, 3.63) is 45.6 Å². The van der Waals surface area contributed by atoms with E-state index in [2.05, 4.69) is 0 Å². The molecule has 6 nitrogen and oxygen atoms in total. The molecule has 0 bridgehead atoms. The Hall–Kier alpha value is -3.15. The lowest BCUT2D eigenvalue weighted by molar-refractivity contribution is 0.442. The zero-order chi connectivity index (χ0) is 16.9. The highest BCUT2D eigenvalue weighted by Gasteiger charge is 2.18. The highest BCUT2D eigenvalue weighted by atomic mass is 16.3. The molecule has 1 aromatic heterocycles. The molecule has 0 spiro atoms. The van der Waals surface area contributed by atoms with Gasteiger partial charge >= 0.3 is 0 Å². The molecule has 0 aliphatic carbocycles. The molecule has 0 saturated carbocycles. The molecule has 0 amide bonds. The Bertz CT molecular complexity index is 977. The Morgan fingerprint density at radius 1 is 0.826 bits per heavy atom. The lowest BCUT2D eigenvalue weighted by atomic mass is 10.0. The minimum absolute atomic E-state index is 0.00709. The van der Waals surface area contributed by atoms with Crippen LogP contribution in [0.2, 0.25) is 0 Å². The van der Waals surface area contributed by atoms with Crippen LogP contribution in [0.5, 0.6) is 23.0 Å². The zero-order valence-corrected chi connectivity index (χ0v) is 12.4. The largest absolute Gasteiger partial charge is 0.508 e. The summed E-state index contributed by atoms with van der Waals surface area (Å²) in [5, 5.41) is 39.0. The van der Waals surface area contributed by atoms with Crippen molar-refractivity contribution in [2.45, 2.75) is 13.8 Å². The summed E-state index contributed by atoms with van der Waals surface area (Å²) in [4.78, 5) is 12.5. The van der Waals surface area contributed by atoms with Crippen molar-refractivity contribution < 1.29 is 24.8 Å². The number of fused-ring (bicyclic) bond motifs is 1. The normalized spacial score (nSPS) is 11.0. The molecule has 0 atom stereocenters. The fraction of sp³-hybridized carbons (Fsp3) is 0.118. The smallest absolute Gasteiger partial charge is 0.199 e. The maximum absolute atomic E-state index is 12.5. The molecule has 0 saturated heterocycles. The van der Waals surface area contributed by atoms with Crippen LogP contribution in [0.1, 0.15) is 11.1 Å². The van der Waals surface area contributed by atoms with Gasteiger partial charge in [-0.05, 0) is 26.0 Å². The second-order valence-corrected chi connectivity index (χ2v) is 5.36.